The highest BCUT2D eigenvalue weighted by Gasteiger charge is 2.21. The first-order chi connectivity index (χ1) is 12.6. The molecule has 6 nitrogen and oxygen atoms in total. The van der Waals surface area contributed by atoms with Gasteiger partial charge in [-0.25, -0.2) is 0 Å². The van der Waals surface area contributed by atoms with Crippen LogP contribution >= 0.6 is 0 Å². The third-order valence-electron chi connectivity index (χ3n) is 4.54. The fourth-order valence-corrected chi connectivity index (χ4v) is 2.88. The minimum Gasteiger partial charge on any atom is -0.342 e. The molecule has 0 saturated carbocycles. The first kappa shape index (κ1) is 17.7. The number of hydrogen-bond donors (Lipinski definition) is 1. The summed E-state index contributed by atoms with van der Waals surface area (Å²) in [6, 6.07) is 14.2. The lowest BCUT2D eigenvalue weighted by molar-refractivity contribution is -0.119. The zero-order valence-corrected chi connectivity index (χ0v) is 14.6. The van der Waals surface area contributed by atoms with Crippen molar-refractivity contribution in [2.45, 2.75) is 6.92 Å². The van der Waals surface area contributed by atoms with Gasteiger partial charge < -0.3 is 15.1 Å². The van der Waals surface area contributed by atoms with Gasteiger partial charge in [0.25, 0.3) is 11.8 Å². The van der Waals surface area contributed by atoms with Gasteiger partial charge in [-0.2, -0.15) is 0 Å². The lowest BCUT2D eigenvalue weighted by atomic mass is 10.1. The van der Waals surface area contributed by atoms with Gasteiger partial charge in [0.1, 0.15) is 0 Å². The fourth-order valence-electron chi connectivity index (χ4n) is 2.88. The van der Waals surface area contributed by atoms with Crippen molar-refractivity contribution in [2.24, 2.45) is 0 Å². The summed E-state index contributed by atoms with van der Waals surface area (Å²) in [4.78, 5) is 39.0. The molecule has 26 heavy (non-hydrogen) atoms. The van der Waals surface area contributed by atoms with Crippen LogP contribution in [-0.2, 0) is 4.79 Å². The average molecular weight is 351 g/mol. The molecule has 0 unspecified atom stereocenters. The Hall–Kier alpha value is -3.15. The molecule has 2 aromatic carbocycles. The number of aryl methyl sites for hydroxylation is 1. The largest absolute Gasteiger partial charge is 0.342 e. The second-order valence-electron chi connectivity index (χ2n) is 6.28. The highest BCUT2D eigenvalue weighted by atomic mass is 16.2. The molecule has 1 N–H and O–H groups in total. The van der Waals surface area contributed by atoms with Crippen molar-refractivity contribution in [2.75, 3.05) is 31.5 Å². The van der Waals surface area contributed by atoms with Crippen LogP contribution in [0.5, 0.6) is 0 Å². The van der Waals surface area contributed by atoms with E-state index in [1.807, 2.05) is 31.2 Å². The van der Waals surface area contributed by atoms with Crippen LogP contribution in [0.3, 0.4) is 0 Å². The van der Waals surface area contributed by atoms with E-state index in [1.54, 1.807) is 34.1 Å². The van der Waals surface area contributed by atoms with Gasteiger partial charge in [-0.3, -0.25) is 14.4 Å². The summed E-state index contributed by atoms with van der Waals surface area (Å²) in [5, 5.41) is 2.88. The van der Waals surface area contributed by atoms with Crippen LogP contribution in [0.1, 0.15) is 26.3 Å². The van der Waals surface area contributed by atoms with Crippen molar-refractivity contribution < 1.29 is 14.4 Å². The number of nitrogens with one attached hydrogen (secondary N) is 1. The summed E-state index contributed by atoms with van der Waals surface area (Å²) >= 11 is 0. The minimum absolute atomic E-state index is 0.0820. The first-order valence-electron chi connectivity index (χ1n) is 8.54. The Bertz CT molecular complexity index is 809. The van der Waals surface area contributed by atoms with E-state index in [-0.39, 0.29) is 11.8 Å². The summed E-state index contributed by atoms with van der Waals surface area (Å²) in [5.41, 5.74) is 2.79. The van der Waals surface area contributed by atoms with E-state index in [4.69, 9.17) is 0 Å². The van der Waals surface area contributed by atoms with Gasteiger partial charge in [-0.05, 0) is 42.8 Å². The number of amides is 3. The molecule has 1 saturated heterocycles. The van der Waals surface area contributed by atoms with Gasteiger partial charge in [0.05, 0.1) is 0 Å². The van der Waals surface area contributed by atoms with Crippen molar-refractivity contribution in [1.82, 2.24) is 9.80 Å². The molecule has 0 radical (unpaired) electrons. The number of carbonyl (C=O) groups is 3. The molecule has 0 atom stereocenters. The Morgan fingerprint density at radius 2 is 1.54 bits per heavy atom. The Morgan fingerprint density at radius 3 is 2.15 bits per heavy atom. The smallest absolute Gasteiger partial charge is 0.255 e. The van der Waals surface area contributed by atoms with E-state index in [0.717, 1.165) is 17.7 Å². The molecule has 3 rings (SSSR count). The average Bonchev–Trinajstić information content (AvgIpc) is 2.69. The normalized spacial score (nSPS) is 14.0. The summed E-state index contributed by atoms with van der Waals surface area (Å²) in [6.45, 7) is 4.07. The van der Waals surface area contributed by atoms with Crippen LogP contribution in [0.15, 0.2) is 48.5 Å². The number of benzene rings is 2. The van der Waals surface area contributed by atoms with E-state index in [9.17, 15) is 14.4 Å². The maximum Gasteiger partial charge on any atom is 0.255 e. The second-order valence-corrected chi connectivity index (χ2v) is 6.28. The first-order valence-corrected chi connectivity index (χ1v) is 8.54. The molecule has 1 aliphatic rings. The number of anilines is 1. The molecule has 3 amide bonds. The maximum atomic E-state index is 12.5. The maximum absolute atomic E-state index is 12.5. The van der Waals surface area contributed by atoms with Gasteiger partial charge in [-0.1, -0.05) is 18.2 Å². The van der Waals surface area contributed by atoms with Crippen LogP contribution < -0.4 is 5.32 Å². The molecule has 134 valence electrons. The van der Waals surface area contributed by atoms with Crippen molar-refractivity contribution in [3.8, 4) is 0 Å². The number of para-hydroxylation sites is 1. The Kier molecular flexibility index (Phi) is 5.31. The van der Waals surface area contributed by atoms with E-state index < -0.39 is 0 Å². The van der Waals surface area contributed by atoms with Crippen LogP contribution in [0.25, 0.3) is 0 Å². The topological polar surface area (TPSA) is 69.7 Å². The van der Waals surface area contributed by atoms with Crippen LogP contribution in [0.2, 0.25) is 0 Å². The van der Waals surface area contributed by atoms with Crippen molar-refractivity contribution >= 4 is 23.9 Å². The second kappa shape index (κ2) is 7.82. The van der Waals surface area contributed by atoms with Crippen molar-refractivity contribution in [1.29, 1.82) is 0 Å². The van der Waals surface area contributed by atoms with Crippen molar-refractivity contribution in [3.63, 3.8) is 0 Å². The standard InChI is InChI=1S/C20H21N3O3/c1-15-4-2-3-5-18(15)21-19(25)16-6-8-17(9-7-16)20(26)23-12-10-22(14-24)11-13-23/h2-9,14H,10-13H2,1H3,(H,21,25). The summed E-state index contributed by atoms with van der Waals surface area (Å²) in [6.07, 6.45) is 0.809. The molecule has 2 aromatic rings. The Morgan fingerprint density at radius 1 is 0.923 bits per heavy atom. The summed E-state index contributed by atoms with van der Waals surface area (Å²) in [7, 11) is 0. The predicted octanol–water partition coefficient (Wildman–Crippen LogP) is 2.16. The van der Waals surface area contributed by atoms with Gasteiger partial charge in [0.15, 0.2) is 0 Å². The van der Waals surface area contributed by atoms with E-state index in [0.29, 0.717) is 37.3 Å². The zero-order valence-electron chi connectivity index (χ0n) is 14.6. The Labute approximate surface area is 152 Å². The zero-order chi connectivity index (χ0) is 18.5. The van der Waals surface area contributed by atoms with E-state index in [2.05, 4.69) is 5.32 Å². The molecule has 6 heteroatoms. The quantitative estimate of drug-likeness (QED) is 0.858. The predicted molar refractivity (Wildman–Crippen MR) is 99.1 cm³/mol. The number of hydrogen-bond acceptors (Lipinski definition) is 3. The van der Waals surface area contributed by atoms with Gasteiger partial charge in [0.2, 0.25) is 6.41 Å². The third-order valence-corrected chi connectivity index (χ3v) is 4.54. The van der Waals surface area contributed by atoms with Gasteiger partial charge >= 0.3 is 0 Å². The van der Waals surface area contributed by atoms with Crippen molar-refractivity contribution in [3.05, 3.63) is 65.2 Å². The highest BCUT2D eigenvalue weighted by molar-refractivity contribution is 6.05. The number of nitrogens with zero attached hydrogens (tertiary/aromatic N) is 2. The van der Waals surface area contributed by atoms with Gasteiger partial charge in [0, 0.05) is 43.0 Å². The van der Waals surface area contributed by atoms with Gasteiger partial charge in [-0.15, -0.1) is 0 Å². The molecule has 1 heterocycles. The molecule has 0 aromatic heterocycles. The summed E-state index contributed by atoms with van der Waals surface area (Å²) in [5.74, 6) is -0.292. The molecule has 0 bridgehead atoms. The molecular weight excluding hydrogens is 330 g/mol. The Balaban J connectivity index is 1.64. The fraction of sp³-hybridized carbons (Fsp3) is 0.250. The van der Waals surface area contributed by atoms with Crippen LogP contribution in [0.4, 0.5) is 5.69 Å². The third kappa shape index (κ3) is 3.91. The molecule has 1 aliphatic heterocycles. The van der Waals surface area contributed by atoms with E-state index in [1.165, 1.54) is 0 Å². The molecule has 1 fully saturated rings. The lowest BCUT2D eigenvalue weighted by Crippen LogP contribution is -2.48. The number of carbonyl (C=O) groups excluding carboxylic acids is 3. The molecule has 0 spiro atoms. The number of rotatable bonds is 4. The van der Waals surface area contributed by atoms with Crippen LogP contribution in [0, 0.1) is 6.92 Å². The number of piperazine rings is 1. The van der Waals surface area contributed by atoms with Crippen LogP contribution in [-0.4, -0.2) is 54.2 Å². The summed E-state index contributed by atoms with van der Waals surface area (Å²) < 4.78 is 0. The van der Waals surface area contributed by atoms with E-state index >= 15 is 0 Å². The molecular formula is C20H21N3O3. The monoisotopic (exact) mass is 351 g/mol. The minimum atomic E-state index is -0.210. The SMILES string of the molecule is Cc1ccccc1NC(=O)c1ccc(C(=O)N2CCN(C=O)CC2)cc1. The lowest BCUT2D eigenvalue weighted by Gasteiger charge is -2.32. The molecule has 0 aliphatic carbocycles. The highest BCUT2D eigenvalue weighted by Crippen LogP contribution is 2.16.